The molecule has 1 aliphatic rings. The van der Waals surface area contributed by atoms with E-state index in [2.05, 4.69) is 11.9 Å². The van der Waals surface area contributed by atoms with Crippen LogP contribution in [0.1, 0.15) is 19.2 Å². The molecular formula is C18H17N3O. The van der Waals surface area contributed by atoms with Crippen LogP contribution in [0, 0.1) is 5.92 Å². The molecule has 4 heteroatoms. The smallest absolute Gasteiger partial charge is 0.261 e. The fourth-order valence-electron chi connectivity index (χ4n) is 3.11. The van der Waals surface area contributed by atoms with Crippen LogP contribution in [-0.4, -0.2) is 14.5 Å². The Bertz CT molecular complexity index is 899. The molecule has 0 aliphatic carbocycles. The van der Waals surface area contributed by atoms with Crippen molar-refractivity contribution in [1.82, 2.24) is 14.5 Å². The van der Waals surface area contributed by atoms with Gasteiger partial charge in [0.25, 0.3) is 5.56 Å². The molecule has 0 fully saturated rings. The van der Waals surface area contributed by atoms with E-state index in [1.165, 1.54) is 0 Å². The van der Waals surface area contributed by atoms with Gasteiger partial charge in [0.05, 0.1) is 16.6 Å². The summed E-state index contributed by atoms with van der Waals surface area (Å²) in [6.45, 7) is 2.99. The van der Waals surface area contributed by atoms with E-state index in [-0.39, 0.29) is 5.56 Å². The molecule has 1 aromatic carbocycles. The Hall–Kier alpha value is -2.49. The SMILES string of the molecule is CC1CCn2c(nc3cc(-c4ccccn4)ccc3c2=O)C1. The van der Waals surface area contributed by atoms with Gasteiger partial charge in [0.2, 0.25) is 0 Å². The largest absolute Gasteiger partial charge is 0.296 e. The van der Waals surface area contributed by atoms with E-state index in [9.17, 15) is 4.79 Å². The van der Waals surface area contributed by atoms with Crippen LogP contribution in [0.4, 0.5) is 0 Å². The van der Waals surface area contributed by atoms with Crippen molar-refractivity contribution in [2.45, 2.75) is 26.3 Å². The van der Waals surface area contributed by atoms with Gasteiger partial charge >= 0.3 is 0 Å². The molecule has 1 aliphatic heterocycles. The van der Waals surface area contributed by atoms with Gasteiger partial charge < -0.3 is 0 Å². The highest BCUT2D eigenvalue weighted by atomic mass is 16.1. The topological polar surface area (TPSA) is 47.8 Å². The molecule has 110 valence electrons. The summed E-state index contributed by atoms with van der Waals surface area (Å²) in [6.07, 6.45) is 3.70. The molecule has 22 heavy (non-hydrogen) atoms. The first-order chi connectivity index (χ1) is 10.7. The first-order valence-corrected chi connectivity index (χ1v) is 7.67. The Morgan fingerprint density at radius 2 is 2.14 bits per heavy atom. The maximum atomic E-state index is 12.6. The predicted molar refractivity (Wildman–Crippen MR) is 86.7 cm³/mol. The molecule has 0 N–H and O–H groups in total. The average Bonchev–Trinajstić information content (AvgIpc) is 2.55. The number of benzene rings is 1. The lowest BCUT2D eigenvalue weighted by molar-refractivity contribution is 0.397. The van der Waals surface area contributed by atoms with E-state index < -0.39 is 0 Å². The van der Waals surface area contributed by atoms with Crippen LogP contribution in [0.25, 0.3) is 22.2 Å². The van der Waals surface area contributed by atoms with Crippen LogP contribution < -0.4 is 5.56 Å². The monoisotopic (exact) mass is 291 g/mol. The zero-order valence-corrected chi connectivity index (χ0v) is 12.5. The number of fused-ring (bicyclic) bond motifs is 2. The highest BCUT2D eigenvalue weighted by Gasteiger charge is 2.19. The molecular weight excluding hydrogens is 274 g/mol. The summed E-state index contributed by atoms with van der Waals surface area (Å²) in [4.78, 5) is 21.7. The van der Waals surface area contributed by atoms with Crippen LogP contribution in [-0.2, 0) is 13.0 Å². The van der Waals surface area contributed by atoms with Crippen molar-refractivity contribution in [2.75, 3.05) is 0 Å². The molecule has 4 nitrogen and oxygen atoms in total. The van der Waals surface area contributed by atoms with Gasteiger partial charge in [-0.3, -0.25) is 14.3 Å². The fraction of sp³-hybridized carbons (Fsp3) is 0.278. The third kappa shape index (κ3) is 2.11. The first kappa shape index (κ1) is 13.2. The average molecular weight is 291 g/mol. The van der Waals surface area contributed by atoms with Gasteiger partial charge in [-0.15, -0.1) is 0 Å². The van der Waals surface area contributed by atoms with Gasteiger partial charge in [0, 0.05) is 24.7 Å². The van der Waals surface area contributed by atoms with Gasteiger partial charge in [0.1, 0.15) is 5.82 Å². The first-order valence-electron chi connectivity index (χ1n) is 7.67. The lowest BCUT2D eigenvalue weighted by Gasteiger charge is -2.22. The standard InChI is InChI=1S/C18H17N3O/c1-12-7-9-21-17(10-12)20-16-11-13(5-6-14(16)18(21)22)15-4-2-3-8-19-15/h2-6,8,11-12H,7,9-10H2,1H3. The number of pyridine rings is 1. The Labute approximate surface area is 128 Å². The Morgan fingerprint density at radius 1 is 1.23 bits per heavy atom. The van der Waals surface area contributed by atoms with E-state index in [0.29, 0.717) is 11.3 Å². The van der Waals surface area contributed by atoms with Crippen LogP contribution in [0.5, 0.6) is 0 Å². The van der Waals surface area contributed by atoms with E-state index in [1.54, 1.807) is 6.20 Å². The molecule has 2 aromatic heterocycles. The summed E-state index contributed by atoms with van der Waals surface area (Å²) in [6, 6.07) is 11.6. The second-order valence-corrected chi connectivity index (χ2v) is 6.03. The van der Waals surface area contributed by atoms with Crippen molar-refractivity contribution in [2.24, 2.45) is 5.92 Å². The number of hydrogen-bond donors (Lipinski definition) is 0. The Morgan fingerprint density at radius 3 is 2.95 bits per heavy atom. The van der Waals surface area contributed by atoms with Crippen molar-refractivity contribution in [3.63, 3.8) is 0 Å². The van der Waals surface area contributed by atoms with Crippen LogP contribution in [0.15, 0.2) is 47.4 Å². The molecule has 0 amide bonds. The predicted octanol–water partition coefficient (Wildman–Crippen LogP) is 3.04. The van der Waals surface area contributed by atoms with E-state index >= 15 is 0 Å². The second-order valence-electron chi connectivity index (χ2n) is 6.03. The van der Waals surface area contributed by atoms with Crippen LogP contribution in [0.2, 0.25) is 0 Å². The molecule has 4 rings (SSSR count). The van der Waals surface area contributed by atoms with Crippen molar-refractivity contribution in [3.05, 3.63) is 58.8 Å². The van der Waals surface area contributed by atoms with Gasteiger partial charge in [-0.2, -0.15) is 0 Å². The molecule has 1 atom stereocenters. The maximum absolute atomic E-state index is 12.6. The number of hydrogen-bond acceptors (Lipinski definition) is 3. The summed E-state index contributed by atoms with van der Waals surface area (Å²) >= 11 is 0. The number of aromatic nitrogens is 3. The van der Waals surface area contributed by atoms with Gasteiger partial charge in [-0.05, 0) is 36.6 Å². The number of rotatable bonds is 1. The second kappa shape index (κ2) is 5.05. The van der Waals surface area contributed by atoms with Crippen molar-refractivity contribution in [1.29, 1.82) is 0 Å². The summed E-state index contributed by atoms with van der Waals surface area (Å²) in [5.41, 5.74) is 2.75. The highest BCUT2D eigenvalue weighted by molar-refractivity contribution is 5.83. The quantitative estimate of drug-likeness (QED) is 0.692. The Balaban J connectivity index is 1.92. The van der Waals surface area contributed by atoms with Crippen molar-refractivity contribution >= 4 is 10.9 Å². The van der Waals surface area contributed by atoms with Gasteiger partial charge in [-0.25, -0.2) is 4.98 Å². The van der Waals surface area contributed by atoms with Crippen molar-refractivity contribution < 1.29 is 0 Å². The zero-order valence-electron chi connectivity index (χ0n) is 12.5. The van der Waals surface area contributed by atoms with E-state index in [1.807, 2.05) is 41.0 Å². The van der Waals surface area contributed by atoms with Gasteiger partial charge in [0.15, 0.2) is 0 Å². The Kier molecular flexibility index (Phi) is 3.03. The molecule has 0 saturated carbocycles. The summed E-state index contributed by atoms with van der Waals surface area (Å²) in [5, 5.41) is 0.693. The third-order valence-corrected chi connectivity index (χ3v) is 4.37. The summed E-state index contributed by atoms with van der Waals surface area (Å²) in [7, 11) is 0. The zero-order chi connectivity index (χ0) is 15.1. The molecule has 0 saturated heterocycles. The molecule has 3 aromatic rings. The number of nitrogens with zero attached hydrogens (tertiary/aromatic N) is 3. The molecule has 1 unspecified atom stereocenters. The maximum Gasteiger partial charge on any atom is 0.261 e. The normalized spacial score (nSPS) is 17.4. The molecule has 0 spiro atoms. The molecule has 3 heterocycles. The van der Waals surface area contributed by atoms with Crippen molar-refractivity contribution in [3.8, 4) is 11.3 Å². The van der Waals surface area contributed by atoms with E-state index in [4.69, 9.17) is 4.98 Å². The van der Waals surface area contributed by atoms with Crippen LogP contribution >= 0.6 is 0 Å². The van der Waals surface area contributed by atoms with Gasteiger partial charge in [-0.1, -0.05) is 19.1 Å². The molecule has 0 bridgehead atoms. The fourth-order valence-corrected chi connectivity index (χ4v) is 3.11. The summed E-state index contributed by atoms with van der Waals surface area (Å²) in [5.74, 6) is 1.50. The minimum absolute atomic E-state index is 0.0828. The molecule has 0 radical (unpaired) electrons. The lowest BCUT2D eigenvalue weighted by atomic mass is 9.99. The lowest BCUT2D eigenvalue weighted by Crippen LogP contribution is -2.31. The summed E-state index contributed by atoms with van der Waals surface area (Å²) < 4.78 is 1.84. The third-order valence-electron chi connectivity index (χ3n) is 4.37. The minimum atomic E-state index is 0.0828. The highest BCUT2D eigenvalue weighted by Crippen LogP contribution is 2.23. The van der Waals surface area contributed by atoms with Crippen LogP contribution in [0.3, 0.4) is 0 Å². The van der Waals surface area contributed by atoms with E-state index in [0.717, 1.165) is 42.0 Å². The minimum Gasteiger partial charge on any atom is -0.296 e.